The van der Waals surface area contributed by atoms with Crippen molar-refractivity contribution >= 4 is 17.7 Å². The van der Waals surface area contributed by atoms with Crippen molar-refractivity contribution in [2.24, 2.45) is 5.73 Å². The van der Waals surface area contributed by atoms with E-state index in [-0.39, 0.29) is 0 Å². The maximum absolute atomic E-state index is 10.6. The maximum Gasteiger partial charge on any atom is 0.320 e. The molecule has 1 aromatic heterocycles. The molecule has 5 heteroatoms. The molecule has 0 radical (unpaired) electrons. The van der Waals surface area contributed by atoms with Gasteiger partial charge in [-0.1, -0.05) is 6.07 Å². The van der Waals surface area contributed by atoms with E-state index in [1.165, 1.54) is 5.56 Å². The molecule has 2 heterocycles. The van der Waals surface area contributed by atoms with E-state index >= 15 is 0 Å². The van der Waals surface area contributed by atoms with Crippen LogP contribution in [0.3, 0.4) is 0 Å². The third kappa shape index (κ3) is 2.30. The Labute approximate surface area is 91.9 Å². The number of thioether (sulfide) groups is 1. The second-order valence-corrected chi connectivity index (χ2v) is 4.58. The van der Waals surface area contributed by atoms with E-state index in [9.17, 15) is 4.79 Å². The summed E-state index contributed by atoms with van der Waals surface area (Å²) in [6.45, 7) is 0. The summed E-state index contributed by atoms with van der Waals surface area (Å²) in [4.78, 5) is 14.9. The van der Waals surface area contributed by atoms with Gasteiger partial charge in [-0.3, -0.25) is 9.78 Å². The topological polar surface area (TPSA) is 76.2 Å². The lowest BCUT2D eigenvalue weighted by Gasteiger charge is -2.07. The van der Waals surface area contributed by atoms with Crippen molar-refractivity contribution in [3.8, 4) is 0 Å². The summed E-state index contributed by atoms with van der Waals surface area (Å²) in [5.74, 6) is 0.962. The third-order valence-corrected chi connectivity index (χ3v) is 3.38. The largest absolute Gasteiger partial charge is 0.480 e. The number of hydrogen-bond acceptors (Lipinski definition) is 4. The molecule has 1 aromatic rings. The fourth-order valence-corrected chi connectivity index (χ4v) is 2.58. The smallest absolute Gasteiger partial charge is 0.320 e. The summed E-state index contributed by atoms with van der Waals surface area (Å²) in [7, 11) is 0. The van der Waals surface area contributed by atoms with Crippen molar-refractivity contribution in [1.82, 2.24) is 4.98 Å². The van der Waals surface area contributed by atoms with E-state index in [0.29, 0.717) is 6.42 Å². The van der Waals surface area contributed by atoms with Crippen LogP contribution in [0.25, 0.3) is 0 Å². The molecule has 4 nitrogen and oxygen atoms in total. The van der Waals surface area contributed by atoms with Crippen LogP contribution in [0.2, 0.25) is 0 Å². The van der Waals surface area contributed by atoms with Crippen LogP contribution >= 0.6 is 11.8 Å². The van der Waals surface area contributed by atoms with Gasteiger partial charge in [-0.05, 0) is 17.5 Å². The second-order valence-electron chi connectivity index (χ2n) is 3.59. The molecule has 1 aliphatic heterocycles. The van der Waals surface area contributed by atoms with Gasteiger partial charge in [0.15, 0.2) is 0 Å². The molecule has 0 bridgehead atoms. The number of carboxylic acids is 1. The molecular weight excluding hydrogens is 212 g/mol. The molecule has 0 aliphatic carbocycles. The standard InChI is InChI=1S/C10H12N2O2S/c11-8(10(13)14)2-6-1-7-4-15-5-9(7)12-3-6/h1,3,8H,2,4-5,11H2,(H,13,14). The Kier molecular flexibility index (Phi) is 2.93. The van der Waals surface area contributed by atoms with Gasteiger partial charge in [-0.15, -0.1) is 0 Å². The third-order valence-electron chi connectivity index (χ3n) is 2.39. The minimum absolute atomic E-state index is 0.347. The number of carbonyl (C=O) groups is 1. The molecule has 0 saturated carbocycles. The molecule has 3 N–H and O–H groups in total. The highest BCUT2D eigenvalue weighted by molar-refractivity contribution is 7.98. The second kappa shape index (κ2) is 4.20. The van der Waals surface area contributed by atoms with Crippen LogP contribution in [0.1, 0.15) is 16.8 Å². The Bertz CT molecular complexity index is 395. The molecule has 0 aromatic carbocycles. The van der Waals surface area contributed by atoms with Crippen molar-refractivity contribution in [1.29, 1.82) is 0 Å². The highest BCUT2D eigenvalue weighted by Crippen LogP contribution is 2.28. The van der Waals surface area contributed by atoms with Crippen molar-refractivity contribution < 1.29 is 9.90 Å². The fraction of sp³-hybridized carbons (Fsp3) is 0.400. The summed E-state index contributed by atoms with van der Waals surface area (Å²) >= 11 is 1.83. The van der Waals surface area contributed by atoms with Gasteiger partial charge in [0.05, 0.1) is 5.69 Å². The normalized spacial score (nSPS) is 16.1. The average Bonchev–Trinajstić information content (AvgIpc) is 2.64. The number of fused-ring (bicyclic) bond motifs is 1. The van der Waals surface area contributed by atoms with Gasteiger partial charge in [0.25, 0.3) is 0 Å². The number of pyridine rings is 1. The van der Waals surface area contributed by atoms with Gasteiger partial charge in [-0.25, -0.2) is 0 Å². The van der Waals surface area contributed by atoms with Crippen LogP contribution in [-0.2, 0) is 22.7 Å². The number of aliphatic carboxylic acids is 1. The quantitative estimate of drug-likeness (QED) is 0.793. The van der Waals surface area contributed by atoms with E-state index < -0.39 is 12.0 Å². The zero-order valence-corrected chi connectivity index (χ0v) is 8.96. The summed E-state index contributed by atoms with van der Waals surface area (Å²) in [5.41, 5.74) is 8.71. The molecular formula is C10H12N2O2S. The average molecular weight is 224 g/mol. The van der Waals surface area contributed by atoms with E-state index in [2.05, 4.69) is 4.98 Å². The number of aromatic nitrogens is 1. The molecule has 0 amide bonds. The van der Waals surface area contributed by atoms with Gasteiger partial charge in [0.2, 0.25) is 0 Å². The first-order chi connectivity index (χ1) is 7.16. The van der Waals surface area contributed by atoms with E-state index in [0.717, 1.165) is 22.8 Å². The van der Waals surface area contributed by atoms with Crippen LogP contribution < -0.4 is 5.73 Å². The highest BCUT2D eigenvalue weighted by Gasteiger charge is 2.16. The van der Waals surface area contributed by atoms with E-state index in [1.807, 2.05) is 17.8 Å². The Balaban J connectivity index is 2.13. The molecule has 1 atom stereocenters. The Morgan fingerprint density at radius 3 is 3.20 bits per heavy atom. The number of carboxylic acid groups (broad SMARTS) is 1. The molecule has 0 saturated heterocycles. The zero-order chi connectivity index (χ0) is 10.8. The molecule has 15 heavy (non-hydrogen) atoms. The minimum Gasteiger partial charge on any atom is -0.480 e. The molecule has 2 rings (SSSR count). The van der Waals surface area contributed by atoms with Crippen molar-refractivity contribution in [3.05, 3.63) is 29.1 Å². The highest BCUT2D eigenvalue weighted by atomic mass is 32.2. The number of nitrogens with zero attached hydrogens (tertiary/aromatic N) is 1. The molecule has 0 fully saturated rings. The fourth-order valence-electron chi connectivity index (χ4n) is 1.55. The van der Waals surface area contributed by atoms with Gasteiger partial charge >= 0.3 is 5.97 Å². The van der Waals surface area contributed by atoms with Gasteiger partial charge in [0, 0.05) is 17.7 Å². The van der Waals surface area contributed by atoms with Crippen LogP contribution in [0, 0.1) is 0 Å². The first-order valence-corrected chi connectivity index (χ1v) is 5.85. The van der Waals surface area contributed by atoms with Crippen molar-refractivity contribution in [2.75, 3.05) is 0 Å². The maximum atomic E-state index is 10.6. The van der Waals surface area contributed by atoms with Crippen LogP contribution in [0.4, 0.5) is 0 Å². The molecule has 1 unspecified atom stereocenters. The number of nitrogens with two attached hydrogens (primary N) is 1. The summed E-state index contributed by atoms with van der Waals surface area (Å²) in [6.07, 6.45) is 2.08. The SMILES string of the molecule is NC(Cc1cnc2c(c1)CSC2)C(=O)O. The van der Waals surface area contributed by atoms with Crippen molar-refractivity contribution in [3.63, 3.8) is 0 Å². The van der Waals surface area contributed by atoms with Crippen molar-refractivity contribution in [2.45, 2.75) is 24.0 Å². The molecule has 80 valence electrons. The minimum atomic E-state index is -0.968. The zero-order valence-electron chi connectivity index (χ0n) is 8.14. The van der Waals surface area contributed by atoms with E-state index in [4.69, 9.17) is 10.8 Å². The van der Waals surface area contributed by atoms with E-state index in [1.54, 1.807) is 6.20 Å². The Hall–Kier alpha value is -1.07. The Morgan fingerprint density at radius 1 is 1.67 bits per heavy atom. The van der Waals surface area contributed by atoms with Crippen LogP contribution in [0.5, 0.6) is 0 Å². The molecule has 0 spiro atoms. The van der Waals surface area contributed by atoms with Gasteiger partial charge in [-0.2, -0.15) is 11.8 Å². The van der Waals surface area contributed by atoms with Crippen LogP contribution in [0.15, 0.2) is 12.3 Å². The van der Waals surface area contributed by atoms with Crippen LogP contribution in [-0.4, -0.2) is 22.1 Å². The number of hydrogen-bond donors (Lipinski definition) is 2. The lowest BCUT2D eigenvalue weighted by Crippen LogP contribution is -2.32. The first-order valence-electron chi connectivity index (χ1n) is 4.69. The predicted octanol–water partition coefficient (Wildman–Crippen LogP) is 0.783. The van der Waals surface area contributed by atoms with Gasteiger partial charge in [0.1, 0.15) is 6.04 Å². The summed E-state index contributed by atoms with van der Waals surface area (Å²) in [6, 6.07) is 1.18. The predicted molar refractivity (Wildman–Crippen MR) is 58.6 cm³/mol. The summed E-state index contributed by atoms with van der Waals surface area (Å²) < 4.78 is 0. The Morgan fingerprint density at radius 2 is 2.47 bits per heavy atom. The number of rotatable bonds is 3. The lowest BCUT2D eigenvalue weighted by atomic mass is 10.1. The summed E-state index contributed by atoms with van der Waals surface area (Å²) in [5, 5.41) is 8.69. The lowest BCUT2D eigenvalue weighted by molar-refractivity contribution is -0.138. The van der Waals surface area contributed by atoms with Gasteiger partial charge < -0.3 is 10.8 Å². The monoisotopic (exact) mass is 224 g/mol. The first kappa shape index (κ1) is 10.4. The molecule has 1 aliphatic rings.